The maximum absolute atomic E-state index is 12.8. The Bertz CT molecular complexity index is 1120. The van der Waals surface area contributed by atoms with Gasteiger partial charge in [-0.05, 0) is 57.8 Å². The molecular formula is C55H96O6. The van der Waals surface area contributed by atoms with Crippen LogP contribution >= 0.6 is 0 Å². The number of carbonyl (C=O) groups excluding carboxylic acids is 3. The quantitative estimate of drug-likeness (QED) is 0.0200. The number of esters is 3. The zero-order valence-electron chi connectivity index (χ0n) is 40.2. The lowest BCUT2D eigenvalue weighted by molar-refractivity contribution is -0.166. The van der Waals surface area contributed by atoms with E-state index < -0.39 is 12.1 Å². The van der Waals surface area contributed by atoms with Crippen LogP contribution in [0.1, 0.15) is 252 Å². The highest BCUT2D eigenvalue weighted by atomic mass is 16.6. The Morgan fingerprint density at radius 3 is 1.21 bits per heavy atom. The van der Waals surface area contributed by atoms with Crippen molar-refractivity contribution in [2.45, 2.75) is 258 Å². The van der Waals surface area contributed by atoms with Gasteiger partial charge in [0.05, 0.1) is 6.42 Å². The molecule has 0 bridgehead atoms. The van der Waals surface area contributed by atoms with Gasteiger partial charge in [-0.3, -0.25) is 14.4 Å². The lowest BCUT2D eigenvalue weighted by atomic mass is 10.0. The molecule has 0 saturated carbocycles. The summed E-state index contributed by atoms with van der Waals surface area (Å²) in [5, 5.41) is 0. The van der Waals surface area contributed by atoms with Gasteiger partial charge >= 0.3 is 17.9 Å². The van der Waals surface area contributed by atoms with Crippen LogP contribution in [-0.2, 0) is 28.6 Å². The van der Waals surface area contributed by atoms with Crippen LogP contribution in [-0.4, -0.2) is 37.2 Å². The molecule has 0 aliphatic carbocycles. The molecule has 0 saturated heterocycles. The first-order valence-electron chi connectivity index (χ1n) is 25.8. The summed E-state index contributed by atoms with van der Waals surface area (Å²) in [6.07, 6.45) is 61.0. The Hall–Kier alpha value is -2.89. The second kappa shape index (κ2) is 49.8. The summed E-state index contributed by atoms with van der Waals surface area (Å²) in [5.41, 5.74) is 0. The lowest BCUT2D eigenvalue weighted by Crippen LogP contribution is -2.30. The molecule has 1 unspecified atom stereocenters. The van der Waals surface area contributed by atoms with Crippen LogP contribution in [0.4, 0.5) is 0 Å². The molecular weight excluding hydrogens is 757 g/mol. The third-order valence-corrected chi connectivity index (χ3v) is 11.1. The van der Waals surface area contributed by atoms with Gasteiger partial charge in [-0.2, -0.15) is 0 Å². The number of carbonyl (C=O) groups is 3. The van der Waals surface area contributed by atoms with E-state index >= 15 is 0 Å². The number of hydrogen-bond acceptors (Lipinski definition) is 6. The molecule has 6 nitrogen and oxygen atoms in total. The van der Waals surface area contributed by atoms with Gasteiger partial charge in [-0.1, -0.05) is 236 Å². The third-order valence-electron chi connectivity index (χ3n) is 11.1. The van der Waals surface area contributed by atoms with E-state index in [0.717, 1.165) is 57.8 Å². The van der Waals surface area contributed by atoms with Crippen molar-refractivity contribution < 1.29 is 28.6 Å². The summed E-state index contributed by atoms with van der Waals surface area (Å²) in [5.74, 6) is -1.03. The summed E-state index contributed by atoms with van der Waals surface area (Å²) < 4.78 is 16.7. The zero-order chi connectivity index (χ0) is 44.4. The van der Waals surface area contributed by atoms with E-state index in [2.05, 4.69) is 69.4 Å². The minimum absolute atomic E-state index is 0.101. The average molecular weight is 853 g/mol. The maximum Gasteiger partial charge on any atom is 0.309 e. The summed E-state index contributed by atoms with van der Waals surface area (Å²) in [6, 6.07) is 0. The van der Waals surface area contributed by atoms with Crippen molar-refractivity contribution in [2.24, 2.45) is 0 Å². The summed E-state index contributed by atoms with van der Waals surface area (Å²) in [6.45, 7) is 6.41. The minimum Gasteiger partial charge on any atom is -0.462 e. The largest absolute Gasteiger partial charge is 0.462 e. The second-order valence-corrected chi connectivity index (χ2v) is 17.1. The highest BCUT2D eigenvalue weighted by molar-refractivity contribution is 5.72. The van der Waals surface area contributed by atoms with Gasteiger partial charge in [0.25, 0.3) is 0 Å². The topological polar surface area (TPSA) is 78.9 Å². The molecule has 0 N–H and O–H groups in total. The molecule has 0 aliphatic heterocycles. The molecule has 0 spiro atoms. The lowest BCUT2D eigenvalue weighted by Gasteiger charge is -2.18. The van der Waals surface area contributed by atoms with Gasteiger partial charge in [-0.25, -0.2) is 0 Å². The van der Waals surface area contributed by atoms with Crippen molar-refractivity contribution in [3.8, 4) is 0 Å². The molecule has 0 amide bonds. The van der Waals surface area contributed by atoms with Crippen LogP contribution in [0.25, 0.3) is 0 Å². The number of unbranched alkanes of at least 4 members (excludes halogenated alkanes) is 27. The number of allylic oxidation sites excluding steroid dienone is 9. The Morgan fingerprint density at radius 1 is 0.377 bits per heavy atom. The molecule has 61 heavy (non-hydrogen) atoms. The molecule has 1 atom stereocenters. The van der Waals surface area contributed by atoms with Gasteiger partial charge in [-0.15, -0.1) is 0 Å². The van der Waals surface area contributed by atoms with Gasteiger partial charge < -0.3 is 14.2 Å². The van der Waals surface area contributed by atoms with Crippen molar-refractivity contribution >= 4 is 17.9 Å². The predicted octanol–water partition coefficient (Wildman–Crippen LogP) is 16.9. The molecule has 0 rings (SSSR count). The fourth-order valence-electron chi connectivity index (χ4n) is 7.20. The molecule has 0 radical (unpaired) electrons. The zero-order valence-corrected chi connectivity index (χ0v) is 40.2. The monoisotopic (exact) mass is 853 g/mol. The van der Waals surface area contributed by atoms with Gasteiger partial charge in [0, 0.05) is 12.8 Å². The van der Waals surface area contributed by atoms with Crippen LogP contribution in [0.15, 0.2) is 60.8 Å². The Morgan fingerprint density at radius 2 is 0.738 bits per heavy atom. The van der Waals surface area contributed by atoms with Crippen molar-refractivity contribution in [3.63, 3.8) is 0 Å². The highest BCUT2D eigenvalue weighted by Crippen LogP contribution is 2.16. The van der Waals surface area contributed by atoms with Crippen molar-refractivity contribution in [1.82, 2.24) is 0 Å². The number of ether oxygens (including phenoxy) is 3. The molecule has 0 aromatic heterocycles. The van der Waals surface area contributed by atoms with E-state index in [4.69, 9.17) is 14.2 Å². The van der Waals surface area contributed by atoms with Crippen LogP contribution in [0.3, 0.4) is 0 Å². The minimum atomic E-state index is -0.807. The summed E-state index contributed by atoms with van der Waals surface area (Å²) in [4.78, 5) is 37.8. The van der Waals surface area contributed by atoms with E-state index in [9.17, 15) is 14.4 Å². The Balaban J connectivity index is 4.33. The van der Waals surface area contributed by atoms with Crippen LogP contribution in [0.5, 0.6) is 0 Å². The van der Waals surface area contributed by atoms with Crippen LogP contribution < -0.4 is 0 Å². The van der Waals surface area contributed by atoms with Crippen molar-refractivity contribution in [1.29, 1.82) is 0 Å². The second-order valence-electron chi connectivity index (χ2n) is 17.1. The first-order chi connectivity index (χ1) is 30.0. The molecule has 0 fully saturated rings. The summed E-state index contributed by atoms with van der Waals surface area (Å²) in [7, 11) is 0. The van der Waals surface area contributed by atoms with Crippen molar-refractivity contribution in [2.75, 3.05) is 13.2 Å². The van der Waals surface area contributed by atoms with E-state index in [1.807, 2.05) is 6.08 Å². The predicted molar refractivity (Wildman–Crippen MR) is 261 cm³/mol. The van der Waals surface area contributed by atoms with Gasteiger partial charge in [0.1, 0.15) is 13.2 Å². The smallest absolute Gasteiger partial charge is 0.309 e. The Labute approximate surface area is 377 Å². The Kier molecular flexibility index (Phi) is 47.4. The maximum atomic E-state index is 12.8. The molecule has 0 aromatic carbocycles. The SMILES string of the molecule is CC/C=C\C/C=C\C/C=C\CC(=O)OCC(COC(=O)CCCCCCCCCCCC/C=C\C=C/CCCCC)OC(=O)CCCCCCCCCCCCCCCCC. The van der Waals surface area contributed by atoms with Crippen LogP contribution in [0.2, 0.25) is 0 Å². The highest BCUT2D eigenvalue weighted by Gasteiger charge is 2.19. The van der Waals surface area contributed by atoms with Crippen LogP contribution in [0, 0.1) is 0 Å². The van der Waals surface area contributed by atoms with E-state index in [1.54, 1.807) is 6.08 Å². The first kappa shape index (κ1) is 58.1. The van der Waals surface area contributed by atoms with Gasteiger partial charge in [0.15, 0.2) is 6.10 Å². The molecule has 0 heterocycles. The van der Waals surface area contributed by atoms with E-state index in [1.165, 1.54) is 154 Å². The number of rotatable bonds is 46. The molecule has 0 aromatic rings. The standard InChI is InChI=1S/C55H96O6/c1-4-7-10-13-16-19-21-23-25-26-27-28-30-31-33-36-39-42-45-48-54(57)60-51-52(50-59-53(56)47-44-41-38-35-18-15-12-9-6-3)61-55(58)49-46-43-40-37-34-32-29-24-22-20-17-14-11-8-5-2/h9,12,16,18-19,21,23,35,41,44,52H,4-8,10-11,13-15,17,20,22,24-34,36-40,42-43,45-51H2,1-3H3/b12-9-,19-16-,23-21-,35-18-,44-41-. The van der Waals surface area contributed by atoms with Gasteiger partial charge in [0.2, 0.25) is 0 Å². The summed E-state index contributed by atoms with van der Waals surface area (Å²) >= 11 is 0. The van der Waals surface area contributed by atoms with E-state index in [0.29, 0.717) is 12.8 Å². The molecule has 0 aliphatic rings. The third kappa shape index (κ3) is 48.0. The number of hydrogen-bond donors (Lipinski definition) is 0. The molecule has 352 valence electrons. The molecule has 6 heteroatoms. The van der Waals surface area contributed by atoms with E-state index in [-0.39, 0.29) is 31.6 Å². The first-order valence-corrected chi connectivity index (χ1v) is 25.8. The normalized spacial score (nSPS) is 12.5. The fraction of sp³-hybridized carbons (Fsp3) is 0.764. The van der Waals surface area contributed by atoms with Crippen molar-refractivity contribution in [3.05, 3.63) is 60.8 Å². The average Bonchev–Trinajstić information content (AvgIpc) is 3.26. The fourth-order valence-corrected chi connectivity index (χ4v) is 7.20.